The Kier molecular flexibility index (Phi) is 5.27. The van der Waals surface area contributed by atoms with Crippen LogP contribution in [0.25, 0.3) is 0 Å². The minimum absolute atomic E-state index is 0.0283. The summed E-state index contributed by atoms with van der Waals surface area (Å²) in [5.74, 6) is -0.533. The summed E-state index contributed by atoms with van der Waals surface area (Å²) < 4.78 is 0. The fraction of sp³-hybridized carbons (Fsp3) is 0.273. The molecule has 2 aromatic carbocycles. The molecule has 0 heterocycles. The first-order chi connectivity index (χ1) is 11.6. The van der Waals surface area contributed by atoms with Crippen LogP contribution in [0, 0.1) is 41.5 Å². The number of hydrogen-bond donors (Lipinski definition) is 1. The molecule has 3 heteroatoms. The Morgan fingerprint density at radius 2 is 1.08 bits per heavy atom. The van der Waals surface area contributed by atoms with E-state index >= 15 is 0 Å². The third-order valence-corrected chi connectivity index (χ3v) is 4.38. The maximum atomic E-state index is 12.7. The molecule has 0 aliphatic carbocycles. The van der Waals surface area contributed by atoms with Crippen molar-refractivity contribution < 1.29 is 9.59 Å². The van der Waals surface area contributed by atoms with Crippen molar-refractivity contribution in [2.45, 2.75) is 41.5 Å². The molecule has 3 nitrogen and oxygen atoms in total. The van der Waals surface area contributed by atoms with Gasteiger partial charge in [0, 0.05) is 17.2 Å². The number of rotatable bonds is 4. The van der Waals surface area contributed by atoms with Crippen molar-refractivity contribution in [1.29, 1.82) is 0 Å². The van der Waals surface area contributed by atoms with E-state index in [2.05, 4.69) is 0 Å². The molecule has 0 aromatic heterocycles. The fourth-order valence-corrected chi connectivity index (χ4v) is 3.53. The van der Waals surface area contributed by atoms with Gasteiger partial charge in [0.15, 0.2) is 5.78 Å². The van der Waals surface area contributed by atoms with Gasteiger partial charge in [0.2, 0.25) is 5.78 Å². The molecule has 2 rings (SSSR count). The third kappa shape index (κ3) is 3.87. The molecule has 0 fully saturated rings. The Morgan fingerprint density at radius 3 is 1.48 bits per heavy atom. The normalized spacial score (nSPS) is 11.5. The Balaban J connectivity index is 2.42. The van der Waals surface area contributed by atoms with E-state index in [-0.39, 0.29) is 17.3 Å². The van der Waals surface area contributed by atoms with Crippen LogP contribution in [0.1, 0.15) is 54.1 Å². The van der Waals surface area contributed by atoms with Gasteiger partial charge in [-0.3, -0.25) is 9.59 Å². The van der Waals surface area contributed by atoms with E-state index in [1.807, 2.05) is 65.8 Å². The first-order valence-electron chi connectivity index (χ1n) is 8.33. The molecular formula is C22H25NO2. The van der Waals surface area contributed by atoms with Gasteiger partial charge in [-0.05, 0) is 63.8 Å². The van der Waals surface area contributed by atoms with Crippen LogP contribution in [0.3, 0.4) is 0 Å². The molecule has 0 aliphatic rings. The monoisotopic (exact) mass is 335 g/mol. The lowest BCUT2D eigenvalue weighted by Gasteiger charge is -2.11. The van der Waals surface area contributed by atoms with Gasteiger partial charge in [0.25, 0.3) is 0 Å². The van der Waals surface area contributed by atoms with Gasteiger partial charge in [-0.15, -0.1) is 0 Å². The maximum absolute atomic E-state index is 12.7. The Hall–Kier alpha value is -2.68. The molecule has 0 radical (unpaired) electrons. The van der Waals surface area contributed by atoms with Gasteiger partial charge >= 0.3 is 0 Å². The van der Waals surface area contributed by atoms with E-state index in [1.165, 1.54) is 6.08 Å². The van der Waals surface area contributed by atoms with Crippen molar-refractivity contribution in [2.24, 2.45) is 5.73 Å². The van der Waals surface area contributed by atoms with Crippen LogP contribution in [-0.2, 0) is 0 Å². The second-order valence-corrected chi connectivity index (χ2v) is 6.84. The molecular weight excluding hydrogens is 310 g/mol. The highest BCUT2D eigenvalue weighted by atomic mass is 16.1. The highest BCUT2D eigenvalue weighted by molar-refractivity contribution is 6.16. The van der Waals surface area contributed by atoms with Crippen LogP contribution < -0.4 is 5.73 Å². The van der Waals surface area contributed by atoms with E-state index in [0.29, 0.717) is 11.1 Å². The summed E-state index contributed by atoms with van der Waals surface area (Å²) in [6, 6.07) is 7.81. The molecule has 0 bridgehead atoms. The second-order valence-electron chi connectivity index (χ2n) is 6.84. The molecule has 25 heavy (non-hydrogen) atoms. The van der Waals surface area contributed by atoms with Crippen molar-refractivity contribution in [3.05, 3.63) is 80.5 Å². The smallest absolute Gasteiger partial charge is 0.209 e. The molecule has 0 amide bonds. The number of allylic oxidation sites excluding steroid dienone is 2. The molecule has 0 atom stereocenters. The summed E-state index contributed by atoms with van der Waals surface area (Å²) in [5.41, 5.74) is 12.9. The number of carbonyl (C=O) groups is 2. The zero-order chi connectivity index (χ0) is 18.9. The number of Topliss-reactive ketones (excluding diaryl/α,β-unsaturated/α-hetero) is 1. The van der Waals surface area contributed by atoms with Crippen molar-refractivity contribution in [3.63, 3.8) is 0 Å². The van der Waals surface area contributed by atoms with E-state index in [4.69, 9.17) is 5.73 Å². The molecule has 0 unspecified atom stereocenters. The predicted molar refractivity (Wildman–Crippen MR) is 102 cm³/mol. The number of carbonyl (C=O) groups excluding carboxylic acids is 2. The third-order valence-electron chi connectivity index (χ3n) is 4.38. The molecule has 0 aliphatic heterocycles. The SMILES string of the molecule is Cc1cc(C)c(C(=O)/C=C(\N)C(=O)c2c(C)cc(C)cc2C)c(C)c1. The highest BCUT2D eigenvalue weighted by Gasteiger charge is 2.18. The topological polar surface area (TPSA) is 60.2 Å². The van der Waals surface area contributed by atoms with E-state index in [0.717, 1.165) is 33.4 Å². The summed E-state index contributed by atoms with van der Waals surface area (Å²) in [5, 5.41) is 0. The number of nitrogens with two attached hydrogens (primary N) is 1. The van der Waals surface area contributed by atoms with Gasteiger partial charge in [-0.25, -0.2) is 0 Å². The van der Waals surface area contributed by atoms with E-state index in [9.17, 15) is 9.59 Å². The molecule has 0 saturated carbocycles. The predicted octanol–water partition coefficient (Wildman–Crippen LogP) is 4.45. The van der Waals surface area contributed by atoms with Gasteiger partial charge in [-0.2, -0.15) is 0 Å². The molecule has 0 saturated heterocycles. The lowest BCUT2D eigenvalue weighted by molar-refractivity contribution is 0.101. The highest BCUT2D eigenvalue weighted by Crippen LogP contribution is 2.21. The molecule has 130 valence electrons. The maximum Gasteiger partial charge on any atom is 0.209 e. The Bertz CT molecular complexity index is 858. The van der Waals surface area contributed by atoms with Crippen molar-refractivity contribution in [2.75, 3.05) is 0 Å². The van der Waals surface area contributed by atoms with Gasteiger partial charge in [-0.1, -0.05) is 35.4 Å². The number of ketones is 2. The minimum atomic E-state index is -0.300. The summed E-state index contributed by atoms with van der Waals surface area (Å²) in [6.07, 6.45) is 1.26. The Labute approximate surface area is 149 Å². The summed E-state index contributed by atoms with van der Waals surface area (Å²) in [7, 11) is 0. The van der Waals surface area contributed by atoms with Gasteiger partial charge in [0.05, 0.1) is 5.70 Å². The number of hydrogen-bond acceptors (Lipinski definition) is 3. The lowest BCUT2D eigenvalue weighted by Crippen LogP contribution is -2.17. The van der Waals surface area contributed by atoms with Gasteiger partial charge < -0.3 is 5.73 Å². The molecule has 2 N–H and O–H groups in total. The number of benzene rings is 2. The zero-order valence-corrected chi connectivity index (χ0v) is 15.8. The summed E-state index contributed by atoms with van der Waals surface area (Å²) >= 11 is 0. The largest absolute Gasteiger partial charge is 0.395 e. The van der Waals surface area contributed by atoms with Crippen molar-refractivity contribution in [1.82, 2.24) is 0 Å². The second kappa shape index (κ2) is 7.06. The summed E-state index contributed by atoms with van der Waals surface area (Å²) in [6.45, 7) is 11.5. The average Bonchev–Trinajstić information content (AvgIpc) is 2.44. The molecule has 0 spiro atoms. The van der Waals surface area contributed by atoms with Crippen LogP contribution in [0.15, 0.2) is 36.0 Å². The Morgan fingerprint density at radius 1 is 0.720 bits per heavy atom. The fourth-order valence-electron chi connectivity index (χ4n) is 3.53. The molecule has 2 aromatic rings. The average molecular weight is 335 g/mol. The first-order valence-corrected chi connectivity index (χ1v) is 8.33. The lowest BCUT2D eigenvalue weighted by atomic mass is 9.93. The van der Waals surface area contributed by atoms with Crippen LogP contribution >= 0.6 is 0 Å². The number of aryl methyl sites for hydroxylation is 6. The van der Waals surface area contributed by atoms with Crippen LogP contribution in [0.5, 0.6) is 0 Å². The first kappa shape index (κ1) is 18.7. The minimum Gasteiger partial charge on any atom is -0.395 e. The van der Waals surface area contributed by atoms with Crippen LogP contribution in [-0.4, -0.2) is 11.6 Å². The van der Waals surface area contributed by atoms with E-state index in [1.54, 1.807) is 0 Å². The van der Waals surface area contributed by atoms with E-state index < -0.39 is 0 Å². The summed E-state index contributed by atoms with van der Waals surface area (Å²) in [4.78, 5) is 25.4. The van der Waals surface area contributed by atoms with Crippen molar-refractivity contribution >= 4 is 11.6 Å². The zero-order valence-electron chi connectivity index (χ0n) is 15.8. The van der Waals surface area contributed by atoms with Crippen LogP contribution in [0.2, 0.25) is 0 Å². The van der Waals surface area contributed by atoms with Gasteiger partial charge in [0.1, 0.15) is 0 Å². The quantitative estimate of drug-likeness (QED) is 0.663. The standard InChI is InChI=1S/C22H25NO2/c1-12-7-14(3)20(15(4)8-12)19(24)11-18(23)22(25)21-16(5)9-13(2)10-17(21)6/h7-11H,23H2,1-6H3/b18-11-. The van der Waals surface area contributed by atoms with Crippen molar-refractivity contribution in [3.8, 4) is 0 Å². The van der Waals surface area contributed by atoms with Crippen LogP contribution in [0.4, 0.5) is 0 Å².